The number of allylic oxidation sites excluding steroid dienone is 1. The van der Waals surface area contributed by atoms with Crippen molar-refractivity contribution >= 4 is 16.7 Å². The summed E-state index contributed by atoms with van der Waals surface area (Å²) in [5, 5.41) is 1.06. The van der Waals surface area contributed by atoms with Gasteiger partial charge >= 0.3 is 5.69 Å². The SMILES string of the molecule is C=CCC(c1c(N)n(C)c(=O)n(C)c1=O)c1cn(Cc2ccccc2)c2ccccc12. The zero-order valence-electron chi connectivity index (χ0n) is 17.8. The van der Waals surface area contributed by atoms with E-state index in [0.717, 1.165) is 21.0 Å². The molecule has 0 saturated heterocycles. The highest BCUT2D eigenvalue weighted by molar-refractivity contribution is 5.85. The van der Waals surface area contributed by atoms with Crippen LogP contribution in [0.4, 0.5) is 5.82 Å². The average molecular weight is 415 g/mol. The van der Waals surface area contributed by atoms with Crippen molar-refractivity contribution in [3.63, 3.8) is 0 Å². The van der Waals surface area contributed by atoms with Gasteiger partial charge in [0.1, 0.15) is 5.82 Å². The van der Waals surface area contributed by atoms with Gasteiger partial charge in [0.15, 0.2) is 0 Å². The molecule has 4 aromatic rings. The Morgan fingerprint density at radius 3 is 2.39 bits per heavy atom. The summed E-state index contributed by atoms with van der Waals surface area (Å²) < 4.78 is 4.64. The lowest BCUT2D eigenvalue weighted by molar-refractivity contribution is 0.660. The molecule has 0 fully saturated rings. The van der Waals surface area contributed by atoms with Gasteiger partial charge in [-0.05, 0) is 23.6 Å². The maximum atomic E-state index is 13.1. The Labute approximate surface area is 180 Å². The van der Waals surface area contributed by atoms with Crippen LogP contribution in [0.15, 0.2) is 83.0 Å². The van der Waals surface area contributed by atoms with Crippen LogP contribution in [0.3, 0.4) is 0 Å². The van der Waals surface area contributed by atoms with Gasteiger partial charge in [-0.25, -0.2) is 4.79 Å². The largest absolute Gasteiger partial charge is 0.385 e. The maximum Gasteiger partial charge on any atom is 0.332 e. The highest BCUT2D eigenvalue weighted by Crippen LogP contribution is 2.35. The van der Waals surface area contributed by atoms with Gasteiger partial charge in [0.2, 0.25) is 0 Å². The second-order valence-corrected chi connectivity index (χ2v) is 7.80. The predicted octanol–water partition coefficient (Wildman–Crippen LogP) is 3.38. The van der Waals surface area contributed by atoms with Crippen LogP contribution >= 0.6 is 0 Å². The first-order valence-electron chi connectivity index (χ1n) is 10.2. The van der Waals surface area contributed by atoms with Gasteiger partial charge in [0.25, 0.3) is 5.56 Å². The van der Waals surface area contributed by atoms with Crippen molar-refractivity contribution in [3.05, 3.63) is 111 Å². The third-order valence-electron chi connectivity index (χ3n) is 5.89. The van der Waals surface area contributed by atoms with E-state index in [1.807, 2.05) is 30.3 Å². The summed E-state index contributed by atoms with van der Waals surface area (Å²) in [5.74, 6) is -0.121. The molecule has 0 aliphatic rings. The monoisotopic (exact) mass is 414 g/mol. The zero-order chi connectivity index (χ0) is 22.1. The Morgan fingerprint density at radius 2 is 1.68 bits per heavy atom. The van der Waals surface area contributed by atoms with Crippen LogP contribution in [0.5, 0.6) is 0 Å². The Balaban J connectivity index is 1.95. The summed E-state index contributed by atoms with van der Waals surface area (Å²) in [6.45, 7) is 4.61. The minimum Gasteiger partial charge on any atom is -0.385 e. The highest BCUT2D eigenvalue weighted by Gasteiger charge is 2.26. The van der Waals surface area contributed by atoms with Crippen molar-refractivity contribution in [2.24, 2.45) is 14.1 Å². The number of para-hydroxylation sites is 1. The van der Waals surface area contributed by atoms with Crippen molar-refractivity contribution in [3.8, 4) is 0 Å². The Hall–Kier alpha value is -3.80. The number of benzene rings is 2. The second-order valence-electron chi connectivity index (χ2n) is 7.80. The lowest BCUT2D eigenvalue weighted by Gasteiger charge is -2.19. The van der Waals surface area contributed by atoms with Gasteiger partial charge in [-0.1, -0.05) is 54.6 Å². The van der Waals surface area contributed by atoms with Crippen molar-refractivity contribution in [1.82, 2.24) is 13.7 Å². The van der Waals surface area contributed by atoms with E-state index in [-0.39, 0.29) is 17.3 Å². The summed E-state index contributed by atoms with van der Waals surface area (Å²) in [7, 11) is 3.07. The molecule has 6 nitrogen and oxygen atoms in total. The molecule has 2 aromatic carbocycles. The van der Waals surface area contributed by atoms with Crippen LogP contribution < -0.4 is 17.0 Å². The van der Waals surface area contributed by atoms with E-state index in [1.165, 1.54) is 17.2 Å². The maximum absolute atomic E-state index is 13.1. The van der Waals surface area contributed by atoms with Crippen LogP contribution in [-0.2, 0) is 20.6 Å². The molecule has 1 unspecified atom stereocenters. The van der Waals surface area contributed by atoms with Crippen molar-refractivity contribution in [1.29, 1.82) is 0 Å². The molecule has 31 heavy (non-hydrogen) atoms. The number of hydrogen-bond donors (Lipinski definition) is 1. The summed E-state index contributed by atoms with van der Waals surface area (Å²) in [5.41, 5.74) is 9.19. The van der Waals surface area contributed by atoms with Crippen molar-refractivity contribution < 1.29 is 0 Å². The van der Waals surface area contributed by atoms with E-state index in [4.69, 9.17) is 5.73 Å². The van der Waals surface area contributed by atoms with E-state index in [0.29, 0.717) is 18.5 Å². The molecule has 0 aliphatic carbocycles. The lowest BCUT2D eigenvalue weighted by Crippen LogP contribution is -2.41. The number of rotatable bonds is 6. The zero-order valence-corrected chi connectivity index (χ0v) is 17.8. The number of nitrogens with zero attached hydrogens (tertiary/aromatic N) is 3. The van der Waals surface area contributed by atoms with Gasteiger partial charge in [-0.2, -0.15) is 0 Å². The normalized spacial score (nSPS) is 12.2. The molecule has 2 aromatic heterocycles. The average Bonchev–Trinajstić information content (AvgIpc) is 3.15. The number of hydrogen-bond acceptors (Lipinski definition) is 3. The first-order chi connectivity index (χ1) is 14.9. The Bertz CT molecular complexity index is 1380. The fourth-order valence-electron chi connectivity index (χ4n) is 4.24. The van der Waals surface area contributed by atoms with Crippen molar-refractivity contribution in [2.75, 3.05) is 5.73 Å². The molecule has 1 atom stereocenters. The van der Waals surface area contributed by atoms with E-state index < -0.39 is 5.69 Å². The molecule has 6 heteroatoms. The van der Waals surface area contributed by atoms with Crippen LogP contribution in [0.25, 0.3) is 10.9 Å². The fraction of sp³-hybridized carbons (Fsp3) is 0.200. The standard InChI is InChI=1S/C25H26N4O2/c1-4-10-19(22-23(26)27(2)25(31)28(3)24(22)30)20-16-29(15-17-11-6-5-7-12-17)21-14-9-8-13-18(20)21/h4-9,11-14,16,19H,1,10,15,26H2,2-3H3. The molecule has 158 valence electrons. The van der Waals surface area contributed by atoms with Gasteiger partial charge in [-0.15, -0.1) is 6.58 Å². The molecule has 0 spiro atoms. The minimum atomic E-state index is -0.435. The number of anilines is 1. The fourth-order valence-corrected chi connectivity index (χ4v) is 4.24. The number of aromatic nitrogens is 3. The quantitative estimate of drug-likeness (QED) is 0.492. The molecule has 2 heterocycles. The van der Waals surface area contributed by atoms with Gasteiger partial charge < -0.3 is 10.3 Å². The van der Waals surface area contributed by atoms with Crippen molar-refractivity contribution in [2.45, 2.75) is 18.9 Å². The molecule has 0 bridgehead atoms. The third kappa shape index (κ3) is 3.50. The van der Waals surface area contributed by atoms with Gasteiger partial charge in [-0.3, -0.25) is 13.9 Å². The first-order valence-corrected chi connectivity index (χ1v) is 10.2. The van der Waals surface area contributed by atoms with Crippen LogP contribution in [0.1, 0.15) is 29.0 Å². The van der Waals surface area contributed by atoms with Gasteiger partial charge in [0, 0.05) is 43.7 Å². The molecule has 0 aliphatic heterocycles. The number of nitrogen functional groups attached to an aromatic ring is 1. The number of fused-ring (bicyclic) bond motifs is 1. The summed E-state index contributed by atoms with van der Waals surface area (Å²) in [6.07, 6.45) is 4.41. The molecule has 0 radical (unpaired) electrons. The molecule has 4 rings (SSSR count). The molecular formula is C25H26N4O2. The highest BCUT2D eigenvalue weighted by atomic mass is 16.2. The minimum absolute atomic E-state index is 0.194. The summed E-state index contributed by atoms with van der Waals surface area (Å²) in [4.78, 5) is 25.4. The van der Waals surface area contributed by atoms with E-state index >= 15 is 0 Å². The van der Waals surface area contributed by atoms with E-state index in [1.54, 1.807) is 13.1 Å². The predicted molar refractivity (Wildman–Crippen MR) is 125 cm³/mol. The Kier molecular flexibility index (Phi) is 5.38. The molecule has 0 amide bonds. The smallest absolute Gasteiger partial charge is 0.332 e. The molecule has 2 N–H and O–H groups in total. The van der Waals surface area contributed by atoms with Crippen LogP contribution in [0.2, 0.25) is 0 Å². The Morgan fingerprint density at radius 1 is 1.00 bits per heavy atom. The van der Waals surface area contributed by atoms with Crippen LogP contribution in [0, 0.1) is 0 Å². The van der Waals surface area contributed by atoms with E-state index in [9.17, 15) is 9.59 Å². The first kappa shape index (κ1) is 20.5. The third-order valence-corrected chi connectivity index (χ3v) is 5.89. The van der Waals surface area contributed by atoms with E-state index in [2.05, 4.69) is 41.6 Å². The summed E-state index contributed by atoms with van der Waals surface area (Å²) >= 11 is 0. The number of nitrogens with two attached hydrogens (primary N) is 1. The van der Waals surface area contributed by atoms with Crippen LogP contribution in [-0.4, -0.2) is 13.7 Å². The van der Waals surface area contributed by atoms with Gasteiger partial charge in [0.05, 0.1) is 5.56 Å². The molecular weight excluding hydrogens is 388 g/mol. The second kappa shape index (κ2) is 8.14. The lowest BCUT2D eigenvalue weighted by atomic mass is 9.89. The summed E-state index contributed by atoms with van der Waals surface area (Å²) in [6, 6.07) is 18.4. The topological polar surface area (TPSA) is 74.9 Å². The molecule has 0 saturated carbocycles.